The van der Waals surface area contributed by atoms with E-state index in [1.54, 1.807) is 24.4 Å². The number of pyridine rings is 2. The molecule has 0 aliphatic carbocycles. The first-order chi connectivity index (χ1) is 12.0. The van der Waals surface area contributed by atoms with E-state index in [-0.39, 0.29) is 17.5 Å². The third kappa shape index (κ3) is 4.46. The first kappa shape index (κ1) is 17.6. The van der Waals surface area contributed by atoms with Gasteiger partial charge in [0.25, 0.3) is 0 Å². The summed E-state index contributed by atoms with van der Waals surface area (Å²) in [4.78, 5) is 32.7. The van der Waals surface area contributed by atoms with Crippen LogP contribution in [0.1, 0.15) is 31.2 Å². The van der Waals surface area contributed by atoms with Crippen molar-refractivity contribution >= 4 is 23.3 Å². The number of rotatable bonds is 4. The van der Waals surface area contributed by atoms with Gasteiger partial charge in [-0.3, -0.25) is 14.5 Å². The summed E-state index contributed by atoms with van der Waals surface area (Å²) in [6.45, 7) is 3.57. The lowest BCUT2D eigenvalue weighted by Crippen LogP contribution is -2.46. The Morgan fingerprint density at radius 3 is 2.92 bits per heavy atom. The van der Waals surface area contributed by atoms with Gasteiger partial charge >= 0.3 is 0 Å². The highest BCUT2D eigenvalue weighted by Crippen LogP contribution is 2.27. The number of piperidine rings is 1. The first-order valence-corrected chi connectivity index (χ1v) is 8.76. The average molecular weight is 361 g/mol. The second-order valence-corrected chi connectivity index (χ2v) is 6.78. The van der Waals surface area contributed by atoms with Gasteiger partial charge in [-0.2, -0.15) is 0 Å². The third-order valence-corrected chi connectivity index (χ3v) is 4.86. The summed E-state index contributed by atoms with van der Waals surface area (Å²) < 4.78 is 0. The van der Waals surface area contributed by atoms with Gasteiger partial charge in [0, 0.05) is 25.0 Å². The van der Waals surface area contributed by atoms with Crippen LogP contribution in [-0.2, 0) is 4.79 Å². The van der Waals surface area contributed by atoms with Gasteiger partial charge in [-0.1, -0.05) is 17.7 Å². The minimum absolute atomic E-state index is 0.0862. The topological polar surface area (TPSA) is 78.1 Å². The fraction of sp³-hybridized carbons (Fsp3) is 0.389. The summed E-state index contributed by atoms with van der Waals surface area (Å²) in [5, 5.41) is 3.36. The largest absolute Gasteiger partial charge is 0.329 e. The molecule has 0 saturated carbocycles. The second kappa shape index (κ2) is 7.80. The van der Waals surface area contributed by atoms with Crippen LogP contribution in [0.25, 0.3) is 0 Å². The molecule has 3 heterocycles. The summed E-state index contributed by atoms with van der Waals surface area (Å²) in [7, 11) is 0. The van der Waals surface area contributed by atoms with E-state index in [9.17, 15) is 9.59 Å². The lowest BCUT2D eigenvalue weighted by atomic mass is 9.91. The van der Waals surface area contributed by atoms with Gasteiger partial charge in [0.15, 0.2) is 0 Å². The average Bonchev–Trinajstić information content (AvgIpc) is 2.63. The number of hydrogen-bond acceptors (Lipinski definition) is 4. The van der Waals surface area contributed by atoms with Gasteiger partial charge in [-0.05, 0) is 49.9 Å². The highest BCUT2D eigenvalue weighted by molar-refractivity contribution is 6.30. The number of hydrogen-bond donors (Lipinski definition) is 2. The number of nitrogens with zero attached hydrogens (tertiary/aromatic N) is 2. The number of anilines is 1. The predicted octanol–water partition coefficient (Wildman–Crippen LogP) is 2.63. The SMILES string of the molecule is C[C@@H](C(=O)Nc1ccc(Cl)cn1)N1CCC[C@@H](c2ccc(=O)[nH]c2)C1. The number of amides is 1. The van der Waals surface area contributed by atoms with Gasteiger partial charge in [-0.15, -0.1) is 0 Å². The van der Waals surface area contributed by atoms with E-state index in [1.165, 1.54) is 6.20 Å². The number of likely N-dealkylation sites (tertiary alicyclic amines) is 1. The Kier molecular flexibility index (Phi) is 5.50. The van der Waals surface area contributed by atoms with Gasteiger partial charge < -0.3 is 10.3 Å². The lowest BCUT2D eigenvalue weighted by molar-refractivity contribution is -0.121. The fourth-order valence-electron chi connectivity index (χ4n) is 3.15. The van der Waals surface area contributed by atoms with E-state index in [2.05, 4.69) is 20.2 Å². The van der Waals surface area contributed by atoms with Crippen LogP contribution in [0.4, 0.5) is 5.82 Å². The zero-order chi connectivity index (χ0) is 17.8. The number of H-pyrrole nitrogens is 1. The molecule has 2 N–H and O–H groups in total. The van der Waals surface area contributed by atoms with Crippen LogP contribution in [-0.4, -0.2) is 39.9 Å². The number of aromatic amines is 1. The zero-order valence-corrected chi connectivity index (χ0v) is 14.8. The minimum atomic E-state index is -0.261. The molecule has 2 aromatic rings. The molecule has 7 heteroatoms. The Bertz CT molecular complexity index is 770. The van der Waals surface area contributed by atoms with Crippen LogP contribution < -0.4 is 10.9 Å². The Hall–Kier alpha value is -2.18. The van der Waals surface area contributed by atoms with Crippen LogP contribution in [0.2, 0.25) is 5.02 Å². The van der Waals surface area contributed by atoms with Crippen molar-refractivity contribution in [3.8, 4) is 0 Å². The summed E-state index contributed by atoms with van der Waals surface area (Å²) in [5.41, 5.74) is 1.01. The van der Waals surface area contributed by atoms with Crippen molar-refractivity contribution in [1.82, 2.24) is 14.9 Å². The minimum Gasteiger partial charge on any atom is -0.329 e. The summed E-state index contributed by atoms with van der Waals surface area (Å²) >= 11 is 5.81. The normalized spacial score (nSPS) is 19.4. The Morgan fingerprint density at radius 2 is 2.24 bits per heavy atom. The molecule has 1 aliphatic rings. The van der Waals surface area contributed by atoms with Gasteiger partial charge in [0.1, 0.15) is 5.82 Å². The summed E-state index contributed by atoms with van der Waals surface area (Å²) in [6.07, 6.45) is 5.35. The lowest BCUT2D eigenvalue weighted by Gasteiger charge is -2.36. The molecule has 1 fully saturated rings. The standard InChI is InChI=1S/C18H21ClN4O2/c1-12(18(25)22-16-6-5-15(19)10-20-16)23-8-2-3-14(11-23)13-4-7-17(24)21-9-13/h4-7,9-10,12,14H,2-3,8,11H2,1H3,(H,21,24)(H,20,22,25)/t12-,14+/m0/s1. The molecule has 2 atom stereocenters. The van der Waals surface area contributed by atoms with E-state index in [4.69, 9.17) is 11.6 Å². The van der Waals surface area contributed by atoms with E-state index in [1.807, 2.05) is 13.0 Å². The molecule has 0 spiro atoms. The van der Waals surface area contributed by atoms with Crippen molar-refractivity contribution in [1.29, 1.82) is 0 Å². The molecule has 2 aromatic heterocycles. The van der Waals surface area contributed by atoms with E-state index < -0.39 is 0 Å². The maximum atomic E-state index is 12.5. The molecule has 1 amide bonds. The Morgan fingerprint density at radius 1 is 1.40 bits per heavy atom. The van der Waals surface area contributed by atoms with Gasteiger partial charge in [0.05, 0.1) is 11.1 Å². The summed E-state index contributed by atoms with van der Waals surface area (Å²) in [6, 6.07) is 6.54. The smallest absolute Gasteiger partial charge is 0.247 e. The molecular formula is C18H21ClN4O2. The van der Waals surface area contributed by atoms with Crippen LogP contribution in [0.15, 0.2) is 41.5 Å². The van der Waals surface area contributed by atoms with Crippen molar-refractivity contribution < 1.29 is 4.79 Å². The molecule has 1 aliphatic heterocycles. The second-order valence-electron chi connectivity index (χ2n) is 6.35. The number of carbonyl (C=O) groups is 1. The highest BCUT2D eigenvalue weighted by atomic mass is 35.5. The Balaban J connectivity index is 1.63. The zero-order valence-electron chi connectivity index (χ0n) is 14.0. The van der Waals surface area contributed by atoms with Gasteiger partial charge in [0.2, 0.25) is 11.5 Å². The number of carbonyl (C=O) groups excluding carboxylic acids is 1. The molecule has 0 radical (unpaired) electrons. The predicted molar refractivity (Wildman–Crippen MR) is 97.9 cm³/mol. The first-order valence-electron chi connectivity index (χ1n) is 8.38. The monoisotopic (exact) mass is 360 g/mol. The van der Waals surface area contributed by atoms with Crippen molar-refractivity contribution in [2.45, 2.75) is 31.7 Å². The maximum absolute atomic E-state index is 12.5. The van der Waals surface area contributed by atoms with Crippen molar-refractivity contribution in [2.24, 2.45) is 0 Å². The van der Waals surface area contributed by atoms with E-state index in [0.717, 1.165) is 31.5 Å². The van der Waals surface area contributed by atoms with Crippen LogP contribution in [0.3, 0.4) is 0 Å². The molecule has 0 bridgehead atoms. The number of halogens is 1. The molecule has 25 heavy (non-hydrogen) atoms. The molecule has 1 saturated heterocycles. The van der Waals surface area contributed by atoms with E-state index in [0.29, 0.717) is 16.8 Å². The number of aromatic nitrogens is 2. The van der Waals surface area contributed by atoms with Crippen LogP contribution in [0.5, 0.6) is 0 Å². The molecule has 132 valence electrons. The highest BCUT2D eigenvalue weighted by Gasteiger charge is 2.28. The maximum Gasteiger partial charge on any atom is 0.247 e. The number of nitrogens with one attached hydrogen (secondary N) is 2. The summed E-state index contributed by atoms with van der Waals surface area (Å²) in [5.74, 6) is 0.724. The molecular weight excluding hydrogens is 340 g/mol. The third-order valence-electron chi connectivity index (χ3n) is 4.64. The van der Waals surface area contributed by atoms with Gasteiger partial charge in [-0.25, -0.2) is 4.98 Å². The molecule has 6 nitrogen and oxygen atoms in total. The fourth-order valence-corrected chi connectivity index (χ4v) is 3.26. The van der Waals surface area contributed by atoms with Crippen molar-refractivity contribution in [3.63, 3.8) is 0 Å². The van der Waals surface area contributed by atoms with Crippen molar-refractivity contribution in [2.75, 3.05) is 18.4 Å². The van der Waals surface area contributed by atoms with Crippen LogP contribution >= 0.6 is 11.6 Å². The molecule has 3 rings (SSSR count). The quantitative estimate of drug-likeness (QED) is 0.878. The molecule has 0 unspecified atom stereocenters. The van der Waals surface area contributed by atoms with E-state index >= 15 is 0 Å². The van der Waals surface area contributed by atoms with Crippen molar-refractivity contribution in [3.05, 3.63) is 57.6 Å². The molecule has 0 aromatic carbocycles. The van der Waals surface area contributed by atoms with Crippen LogP contribution in [0, 0.1) is 0 Å². The Labute approximate surface area is 151 Å².